The number of carboxylic acid groups (broad SMARTS) is 1. The first kappa shape index (κ1) is 16.5. The zero-order valence-corrected chi connectivity index (χ0v) is 12.2. The van der Waals surface area contributed by atoms with Gasteiger partial charge in [-0.15, -0.1) is 6.58 Å². The van der Waals surface area contributed by atoms with E-state index in [1.54, 1.807) is 0 Å². The van der Waals surface area contributed by atoms with Crippen LogP contribution in [-0.2, 0) is 14.8 Å². The van der Waals surface area contributed by atoms with Gasteiger partial charge in [0.15, 0.2) is 0 Å². The predicted molar refractivity (Wildman–Crippen MR) is 74.6 cm³/mol. The van der Waals surface area contributed by atoms with E-state index in [2.05, 4.69) is 11.3 Å². The van der Waals surface area contributed by atoms with Crippen molar-refractivity contribution in [3.63, 3.8) is 0 Å². The van der Waals surface area contributed by atoms with Gasteiger partial charge < -0.3 is 9.84 Å². The van der Waals surface area contributed by atoms with E-state index >= 15 is 0 Å². The van der Waals surface area contributed by atoms with E-state index in [1.807, 2.05) is 0 Å². The smallest absolute Gasteiger partial charge is 0.322 e. The minimum atomic E-state index is -4.08. The molecule has 1 aromatic carbocycles. The Morgan fingerprint density at radius 2 is 2.25 bits per heavy atom. The molecule has 0 aliphatic rings. The van der Waals surface area contributed by atoms with E-state index < -0.39 is 22.0 Å². The highest BCUT2D eigenvalue weighted by atomic mass is 35.5. The highest BCUT2D eigenvalue weighted by Gasteiger charge is 2.27. The Hall–Kier alpha value is -1.57. The lowest BCUT2D eigenvalue weighted by Crippen LogP contribution is -2.40. The summed E-state index contributed by atoms with van der Waals surface area (Å²) in [6.45, 7) is 3.39. The van der Waals surface area contributed by atoms with Crippen LogP contribution in [0, 0.1) is 0 Å². The molecule has 0 aliphatic heterocycles. The number of benzene rings is 1. The number of hydrogen-bond acceptors (Lipinski definition) is 4. The molecule has 0 aromatic heterocycles. The van der Waals surface area contributed by atoms with Crippen LogP contribution in [-0.4, -0.2) is 32.6 Å². The molecule has 8 heteroatoms. The van der Waals surface area contributed by atoms with Crippen LogP contribution in [0.3, 0.4) is 0 Å². The van der Waals surface area contributed by atoms with Gasteiger partial charge in [-0.1, -0.05) is 17.7 Å². The van der Waals surface area contributed by atoms with Crippen molar-refractivity contribution in [2.24, 2.45) is 0 Å². The SMILES string of the molecule is C=CCC(NS(=O)(=O)c1cc(Cl)ccc1OC)C(=O)O. The highest BCUT2D eigenvalue weighted by Crippen LogP contribution is 2.27. The second-order valence-corrected chi connectivity index (χ2v) is 5.95. The molecular weight excluding hydrogens is 306 g/mol. The van der Waals surface area contributed by atoms with Crippen LogP contribution in [0.2, 0.25) is 5.02 Å². The summed E-state index contributed by atoms with van der Waals surface area (Å²) in [5.41, 5.74) is 0. The van der Waals surface area contributed by atoms with Crippen molar-refractivity contribution >= 4 is 27.6 Å². The molecule has 0 saturated heterocycles. The number of hydrogen-bond donors (Lipinski definition) is 2. The average Bonchev–Trinajstić information content (AvgIpc) is 2.38. The van der Waals surface area contributed by atoms with Crippen LogP contribution in [0.1, 0.15) is 6.42 Å². The first-order chi connectivity index (χ1) is 9.31. The summed E-state index contributed by atoms with van der Waals surface area (Å²) >= 11 is 5.76. The first-order valence-electron chi connectivity index (χ1n) is 5.51. The normalized spacial score (nSPS) is 12.7. The van der Waals surface area contributed by atoms with Crippen molar-refractivity contribution in [1.82, 2.24) is 4.72 Å². The molecule has 0 heterocycles. The summed E-state index contributed by atoms with van der Waals surface area (Å²) in [4.78, 5) is 10.8. The topological polar surface area (TPSA) is 92.7 Å². The standard InChI is InChI=1S/C12H14ClNO5S/c1-3-4-9(12(15)16)14-20(17,18)11-7-8(13)5-6-10(11)19-2/h3,5-7,9,14H,1,4H2,2H3,(H,15,16). The molecule has 0 saturated carbocycles. The molecule has 1 unspecified atom stereocenters. The molecule has 1 rings (SSSR count). The number of aliphatic carboxylic acids is 1. The van der Waals surface area contributed by atoms with E-state index in [4.69, 9.17) is 21.4 Å². The lowest BCUT2D eigenvalue weighted by molar-refractivity contribution is -0.138. The summed E-state index contributed by atoms with van der Waals surface area (Å²) in [5, 5.41) is 9.16. The second-order valence-electron chi connectivity index (χ2n) is 3.83. The van der Waals surface area contributed by atoms with Gasteiger partial charge in [-0.05, 0) is 24.6 Å². The second kappa shape index (κ2) is 6.74. The van der Waals surface area contributed by atoms with Gasteiger partial charge in [0, 0.05) is 5.02 Å². The third-order valence-electron chi connectivity index (χ3n) is 2.41. The molecule has 20 heavy (non-hydrogen) atoms. The van der Waals surface area contributed by atoms with Crippen molar-refractivity contribution in [1.29, 1.82) is 0 Å². The molecule has 110 valence electrons. The molecule has 2 N–H and O–H groups in total. The quantitative estimate of drug-likeness (QED) is 0.746. The van der Waals surface area contributed by atoms with Gasteiger partial charge in [-0.3, -0.25) is 4.79 Å². The number of carbonyl (C=O) groups is 1. The van der Waals surface area contributed by atoms with Crippen molar-refractivity contribution in [3.05, 3.63) is 35.9 Å². The van der Waals surface area contributed by atoms with Gasteiger partial charge in [0.2, 0.25) is 10.0 Å². The molecule has 0 fully saturated rings. The van der Waals surface area contributed by atoms with Crippen molar-refractivity contribution < 1.29 is 23.1 Å². The highest BCUT2D eigenvalue weighted by molar-refractivity contribution is 7.89. The Morgan fingerprint density at radius 3 is 2.75 bits per heavy atom. The lowest BCUT2D eigenvalue weighted by Gasteiger charge is -2.15. The fraction of sp³-hybridized carbons (Fsp3) is 0.250. The van der Waals surface area contributed by atoms with E-state index in [9.17, 15) is 13.2 Å². The maximum atomic E-state index is 12.2. The summed E-state index contributed by atoms with van der Waals surface area (Å²) in [7, 11) is -2.77. The lowest BCUT2D eigenvalue weighted by atomic mass is 10.2. The van der Waals surface area contributed by atoms with E-state index in [0.717, 1.165) is 0 Å². The van der Waals surface area contributed by atoms with Crippen LogP contribution < -0.4 is 9.46 Å². The molecule has 1 aromatic rings. The number of carboxylic acids is 1. The first-order valence-corrected chi connectivity index (χ1v) is 7.37. The molecule has 6 nitrogen and oxygen atoms in total. The number of methoxy groups -OCH3 is 1. The number of nitrogens with one attached hydrogen (secondary N) is 1. The number of rotatable bonds is 7. The maximum Gasteiger partial charge on any atom is 0.322 e. The average molecular weight is 320 g/mol. The summed E-state index contributed by atoms with van der Waals surface area (Å²) in [6.07, 6.45) is 1.27. The van der Waals surface area contributed by atoms with Gasteiger partial charge in [0.25, 0.3) is 0 Å². The Labute approximate surface area is 122 Å². The van der Waals surface area contributed by atoms with Crippen LogP contribution in [0.25, 0.3) is 0 Å². The minimum absolute atomic E-state index is 0.0442. The van der Waals surface area contributed by atoms with Gasteiger partial charge in [0.05, 0.1) is 7.11 Å². The fourth-order valence-electron chi connectivity index (χ4n) is 1.48. The third-order valence-corrected chi connectivity index (χ3v) is 4.14. The van der Waals surface area contributed by atoms with E-state index in [1.165, 1.54) is 31.4 Å². The summed E-state index contributed by atoms with van der Waals surface area (Å²) in [6, 6.07) is 2.74. The van der Waals surface area contributed by atoms with Crippen molar-refractivity contribution in [2.75, 3.05) is 7.11 Å². The third kappa shape index (κ3) is 3.96. The maximum absolute atomic E-state index is 12.2. The van der Waals surface area contributed by atoms with Crippen molar-refractivity contribution in [3.8, 4) is 5.75 Å². The molecule has 0 spiro atoms. The minimum Gasteiger partial charge on any atom is -0.495 e. The number of sulfonamides is 1. The Balaban J connectivity index is 3.19. The molecular formula is C12H14ClNO5S. The zero-order valence-electron chi connectivity index (χ0n) is 10.7. The largest absolute Gasteiger partial charge is 0.495 e. The van der Waals surface area contributed by atoms with Gasteiger partial charge in [0.1, 0.15) is 16.7 Å². The Morgan fingerprint density at radius 1 is 1.60 bits per heavy atom. The predicted octanol–water partition coefficient (Wildman–Crippen LogP) is 1.66. The van der Waals surface area contributed by atoms with Gasteiger partial charge in [-0.2, -0.15) is 4.72 Å². The molecule has 0 radical (unpaired) electrons. The zero-order chi connectivity index (χ0) is 15.3. The van der Waals surface area contributed by atoms with Crippen LogP contribution >= 0.6 is 11.6 Å². The van der Waals surface area contributed by atoms with Crippen LogP contribution in [0.5, 0.6) is 5.75 Å². The van der Waals surface area contributed by atoms with E-state index in [-0.39, 0.29) is 22.1 Å². The van der Waals surface area contributed by atoms with E-state index in [0.29, 0.717) is 0 Å². The summed E-state index contributed by atoms with van der Waals surface area (Å²) in [5.74, 6) is -1.22. The monoisotopic (exact) mass is 319 g/mol. The summed E-state index contributed by atoms with van der Waals surface area (Å²) < 4.78 is 31.4. The van der Waals surface area contributed by atoms with Gasteiger partial charge in [-0.25, -0.2) is 8.42 Å². The van der Waals surface area contributed by atoms with Crippen molar-refractivity contribution in [2.45, 2.75) is 17.4 Å². The fourth-order valence-corrected chi connectivity index (χ4v) is 3.11. The number of halogens is 1. The molecule has 0 bridgehead atoms. The molecule has 1 atom stereocenters. The Kier molecular flexibility index (Phi) is 5.55. The van der Waals surface area contributed by atoms with Crippen LogP contribution in [0.4, 0.5) is 0 Å². The molecule has 0 amide bonds. The van der Waals surface area contributed by atoms with Crippen LogP contribution in [0.15, 0.2) is 35.7 Å². The van der Waals surface area contributed by atoms with Gasteiger partial charge >= 0.3 is 5.97 Å². The number of ether oxygens (including phenoxy) is 1. The Bertz CT molecular complexity index is 614. The molecule has 0 aliphatic carbocycles.